The number of nitrogens with one attached hydrogen (secondary N) is 1. The second-order valence-electron chi connectivity index (χ2n) is 8.24. The second kappa shape index (κ2) is 9.83. The first kappa shape index (κ1) is 20.5. The van der Waals surface area contributed by atoms with E-state index in [1.165, 1.54) is 11.6 Å². The molecule has 3 nitrogen and oxygen atoms in total. The molecular weight excluding hydrogens is 351 g/mol. The van der Waals surface area contributed by atoms with Crippen LogP contribution in [0, 0.1) is 17.7 Å². The van der Waals surface area contributed by atoms with Crippen molar-refractivity contribution in [1.82, 2.24) is 10.2 Å². The Labute approximate surface area is 167 Å². The molecule has 2 aromatic carbocycles. The molecule has 1 fully saturated rings. The summed E-state index contributed by atoms with van der Waals surface area (Å²) in [5.74, 6) is 0.546. The molecule has 1 saturated heterocycles. The minimum atomic E-state index is -0.151. The molecule has 1 aliphatic rings. The van der Waals surface area contributed by atoms with Gasteiger partial charge in [-0.05, 0) is 49.9 Å². The summed E-state index contributed by atoms with van der Waals surface area (Å²) in [7, 11) is 0. The van der Waals surface area contributed by atoms with Crippen molar-refractivity contribution in [2.45, 2.75) is 45.7 Å². The second-order valence-corrected chi connectivity index (χ2v) is 8.24. The lowest BCUT2D eigenvalue weighted by Crippen LogP contribution is -2.41. The highest BCUT2D eigenvalue weighted by atomic mass is 19.1. The highest BCUT2D eigenvalue weighted by molar-refractivity contribution is 5.79. The SMILES string of the molecule is CC(C)CC(NC(=O)C1CCN(Cc2ccccc2F)CC1)c1ccccc1. The Kier molecular flexibility index (Phi) is 7.21. The standard InChI is InChI=1S/C24H31FN2O/c1-18(2)16-23(19-8-4-3-5-9-19)26-24(28)20-12-14-27(15-13-20)17-21-10-6-7-11-22(21)25/h3-11,18,20,23H,12-17H2,1-2H3,(H,26,28). The largest absolute Gasteiger partial charge is 0.349 e. The summed E-state index contributed by atoms with van der Waals surface area (Å²) < 4.78 is 13.9. The number of carbonyl (C=O) groups excluding carboxylic acids is 1. The predicted octanol–water partition coefficient (Wildman–Crippen LogP) is 4.94. The van der Waals surface area contributed by atoms with Crippen molar-refractivity contribution >= 4 is 5.91 Å². The molecule has 2 aromatic rings. The molecule has 1 aliphatic heterocycles. The maximum absolute atomic E-state index is 13.9. The maximum Gasteiger partial charge on any atom is 0.223 e. The number of nitrogens with zero attached hydrogens (tertiary/aromatic N) is 1. The zero-order valence-corrected chi connectivity index (χ0v) is 16.9. The molecule has 1 unspecified atom stereocenters. The van der Waals surface area contributed by atoms with Gasteiger partial charge in [0.25, 0.3) is 0 Å². The number of hydrogen-bond donors (Lipinski definition) is 1. The minimum Gasteiger partial charge on any atom is -0.349 e. The Morgan fingerprint density at radius 2 is 1.71 bits per heavy atom. The lowest BCUT2D eigenvalue weighted by molar-refractivity contribution is -0.127. The van der Waals surface area contributed by atoms with Crippen LogP contribution in [0.25, 0.3) is 0 Å². The van der Waals surface area contributed by atoms with Gasteiger partial charge in [-0.2, -0.15) is 0 Å². The third-order valence-corrected chi connectivity index (χ3v) is 5.54. The van der Waals surface area contributed by atoms with Gasteiger partial charge in [-0.1, -0.05) is 62.4 Å². The highest BCUT2D eigenvalue weighted by Crippen LogP contribution is 2.24. The van der Waals surface area contributed by atoms with Crippen molar-refractivity contribution in [3.8, 4) is 0 Å². The minimum absolute atomic E-state index is 0.0373. The van der Waals surface area contributed by atoms with Crippen LogP contribution in [0.2, 0.25) is 0 Å². The van der Waals surface area contributed by atoms with Gasteiger partial charge in [-0.3, -0.25) is 9.69 Å². The average molecular weight is 383 g/mol. The molecular formula is C24H31FN2O. The van der Waals surface area contributed by atoms with Crippen molar-refractivity contribution in [2.75, 3.05) is 13.1 Å². The van der Waals surface area contributed by atoms with Gasteiger partial charge in [0.2, 0.25) is 5.91 Å². The first-order valence-corrected chi connectivity index (χ1v) is 10.3. The van der Waals surface area contributed by atoms with Crippen LogP contribution in [0.5, 0.6) is 0 Å². The molecule has 1 heterocycles. The fraction of sp³-hybridized carbons (Fsp3) is 0.458. The predicted molar refractivity (Wildman–Crippen MR) is 111 cm³/mol. The van der Waals surface area contributed by atoms with Crippen LogP contribution >= 0.6 is 0 Å². The van der Waals surface area contributed by atoms with Crippen LogP contribution in [-0.2, 0) is 11.3 Å². The van der Waals surface area contributed by atoms with Gasteiger partial charge in [-0.25, -0.2) is 4.39 Å². The number of likely N-dealkylation sites (tertiary alicyclic amines) is 1. The summed E-state index contributed by atoms with van der Waals surface area (Å²) in [5.41, 5.74) is 1.90. The summed E-state index contributed by atoms with van der Waals surface area (Å²) in [5, 5.41) is 3.29. The van der Waals surface area contributed by atoms with Gasteiger partial charge in [0.05, 0.1) is 6.04 Å². The Bertz CT molecular complexity index is 754. The Morgan fingerprint density at radius 1 is 1.07 bits per heavy atom. The monoisotopic (exact) mass is 382 g/mol. The molecule has 28 heavy (non-hydrogen) atoms. The lowest BCUT2D eigenvalue weighted by Gasteiger charge is -2.32. The molecule has 0 saturated carbocycles. The fourth-order valence-corrected chi connectivity index (χ4v) is 3.95. The van der Waals surface area contributed by atoms with Crippen LogP contribution in [0.15, 0.2) is 54.6 Å². The number of carbonyl (C=O) groups is 1. The number of rotatable bonds is 7. The van der Waals surface area contributed by atoms with Crippen molar-refractivity contribution in [1.29, 1.82) is 0 Å². The summed E-state index contributed by atoms with van der Waals surface area (Å²) in [4.78, 5) is 15.1. The molecule has 1 amide bonds. The van der Waals surface area contributed by atoms with Gasteiger partial charge in [0, 0.05) is 18.0 Å². The number of halogens is 1. The number of hydrogen-bond acceptors (Lipinski definition) is 2. The summed E-state index contributed by atoms with van der Waals surface area (Å²) in [6.45, 7) is 6.63. The van der Waals surface area contributed by atoms with E-state index in [-0.39, 0.29) is 23.7 Å². The van der Waals surface area contributed by atoms with Crippen molar-refractivity contribution in [3.05, 3.63) is 71.5 Å². The zero-order chi connectivity index (χ0) is 19.9. The Balaban J connectivity index is 1.54. The van der Waals surface area contributed by atoms with E-state index >= 15 is 0 Å². The normalized spacial score (nSPS) is 16.9. The zero-order valence-electron chi connectivity index (χ0n) is 16.9. The summed E-state index contributed by atoms with van der Waals surface area (Å²) >= 11 is 0. The first-order chi connectivity index (χ1) is 13.5. The van der Waals surface area contributed by atoms with E-state index in [1.54, 1.807) is 6.07 Å². The van der Waals surface area contributed by atoms with Crippen molar-refractivity contribution in [3.63, 3.8) is 0 Å². The molecule has 150 valence electrons. The maximum atomic E-state index is 13.9. The van der Waals surface area contributed by atoms with E-state index in [1.807, 2.05) is 30.3 Å². The van der Waals surface area contributed by atoms with Crippen LogP contribution in [-0.4, -0.2) is 23.9 Å². The van der Waals surface area contributed by atoms with Gasteiger partial charge in [0.1, 0.15) is 5.82 Å². The smallest absolute Gasteiger partial charge is 0.223 e. The fourth-order valence-electron chi connectivity index (χ4n) is 3.95. The molecule has 0 aliphatic carbocycles. The van der Waals surface area contributed by atoms with Crippen LogP contribution in [0.4, 0.5) is 4.39 Å². The summed E-state index contributed by atoms with van der Waals surface area (Å²) in [6, 6.07) is 17.2. The molecule has 4 heteroatoms. The Hall–Kier alpha value is -2.20. The first-order valence-electron chi connectivity index (χ1n) is 10.3. The topological polar surface area (TPSA) is 32.3 Å². The van der Waals surface area contributed by atoms with E-state index in [0.29, 0.717) is 12.5 Å². The quantitative estimate of drug-likeness (QED) is 0.735. The molecule has 0 spiro atoms. The number of benzene rings is 2. The molecule has 0 aromatic heterocycles. The third-order valence-electron chi connectivity index (χ3n) is 5.54. The molecule has 0 bridgehead atoms. The van der Waals surface area contributed by atoms with Gasteiger partial charge in [0.15, 0.2) is 0 Å². The van der Waals surface area contributed by atoms with E-state index in [0.717, 1.165) is 37.9 Å². The Morgan fingerprint density at radius 3 is 2.36 bits per heavy atom. The third kappa shape index (κ3) is 5.65. The van der Waals surface area contributed by atoms with Crippen LogP contribution in [0.3, 0.4) is 0 Å². The highest BCUT2D eigenvalue weighted by Gasteiger charge is 2.27. The molecule has 1 N–H and O–H groups in total. The van der Waals surface area contributed by atoms with Crippen LogP contribution in [0.1, 0.15) is 50.3 Å². The van der Waals surface area contributed by atoms with Crippen molar-refractivity contribution < 1.29 is 9.18 Å². The van der Waals surface area contributed by atoms with Gasteiger partial charge < -0.3 is 5.32 Å². The van der Waals surface area contributed by atoms with E-state index in [2.05, 4.69) is 36.2 Å². The van der Waals surface area contributed by atoms with Gasteiger partial charge >= 0.3 is 0 Å². The summed E-state index contributed by atoms with van der Waals surface area (Å²) in [6.07, 6.45) is 2.58. The van der Waals surface area contributed by atoms with Crippen molar-refractivity contribution in [2.24, 2.45) is 11.8 Å². The van der Waals surface area contributed by atoms with Crippen LogP contribution < -0.4 is 5.32 Å². The van der Waals surface area contributed by atoms with E-state index in [4.69, 9.17) is 0 Å². The number of piperidine rings is 1. The molecule has 3 rings (SSSR count). The van der Waals surface area contributed by atoms with E-state index < -0.39 is 0 Å². The molecule has 0 radical (unpaired) electrons. The van der Waals surface area contributed by atoms with Gasteiger partial charge in [-0.15, -0.1) is 0 Å². The van der Waals surface area contributed by atoms with E-state index in [9.17, 15) is 9.18 Å². The lowest BCUT2D eigenvalue weighted by atomic mass is 9.92. The average Bonchev–Trinajstić information content (AvgIpc) is 2.70. The molecule has 1 atom stereocenters. The number of amides is 1.